The molecule has 1 aromatic carbocycles. The summed E-state index contributed by atoms with van der Waals surface area (Å²) in [6.07, 6.45) is 1.24. The van der Waals surface area contributed by atoms with Crippen LogP contribution in [0.25, 0.3) is 0 Å². The van der Waals surface area contributed by atoms with Gasteiger partial charge >= 0.3 is 0 Å². The SMILES string of the molecule is Nc1ccc(F)c(S(=O)(=O)N2CCC[C@H]2CO)c1. The highest BCUT2D eigenvalue weighted by molar-refractivity contribution is 7.89. The summed E-state index contributed by atoms with van der Waals surface area (Å²) in [6.45, 7) is 0.0327. The van der Waals surface area contributed by atoms with E-state index in [1.54, 1.807) is 0 Å². The van der Waals surface area contributed by atoms with Crippen LogP contribution in [-0.2, 0) is 10.0 Å². The molecule has 3 N–H and O–H groups in total. The molecule has 5 nitrogen and oxygen atoms in total. The van der Waals surface area contributed by atoms with Crippen LogP contribution in [0.5, 0.6) is 0 Å². The zero-order chi connectivity index (χ0) is 13.3. The van der Waals surface area contributed by atoms with Crippen LogP contribution in [0, 0.1) is 5.82 Å². The number of halogens is 1. The molecule has 0 spiro atoms. The van der Waals surface area contributed by atoms with Crippen LogP contribution in [0.4, 0.5) is 10.1 Å². The average molecular weight is 274 g/mol. The second-order valence-corrected chi connectivity index (χ2v) is 6.14. The minimum atomic E-state index is -3.93. The van der Waals surface area contributed by atoms with Crippen molar-refractivity contribution in [1.29, 1.82) is 0 Å². The van der Waals surface area contributed by atoms with Gasteiger partial charge in [0.15, 0.2) is 0 Å². The highest BCUT2D eigenvalue weighted by Gasteiger charge is 2.36. The highest BCUT2D eigenvalue weighted by Crippen LogP contribution is 2.28. The maximum atomic E-state index is 13.6. The average Bonchev–Trinajstić information content (AvgIpc) is 2.81. The Bertz CT molecular complexity index is 547. The number of aliphatic hydroxyl groups is 1. The number of sulfonamides is 1. The fourth-order valence-electron chi connectivity index (χ4n) is 2.15. The molecular weight excluding hydrogens is 259 g/mol. The number of aliphatic hydroxyl groups excluding tert-OH is 1. The third-order valence-corrected chi connectivity index (χ3v) is 5.04. The van der Waals surface area contributed by atoms with Gasteiger partial charge in [-0.3, -0.25) is 0 Å². The van der Waals surface area contributed by atoms with E-state index >= 15 is 0 Å². The number of nitrogens with two attached hydrogens (primary N) is 1. The predicted octanol–water partition coefficient (Wildman–Crippen LogP) is 0.553. The molecule has 0 radical (unpaired) electrons. The number of hydrogen-bond donors (Lipinski definition) is 2. The van der Waals surface area contributed by atoms with Crippen LogP contribution in [0.2, 0.25) is 0 Å². The molecule has 7 heteroatoms. The maximum Gasteiger partial charge on any atom is 0.246 e. The number of benzene rings is 1. The molecule has 1 atom stereocenters. The van der Waals surface area contributed by atoms with Crippen LogP contribution >= 0.6 is 0 Å². The van der Waals surface area contributed by atoms with Crippen molar-refractivity contribution in [3.05, 3.63) is 24.0 Å². The summed E-state index contributed by atoms with van der Waals surface area (Å²) in [5.41, 5.74) is 5.68. The summed E-state index contributed by atoms with van der Waals surface area (Å²) in [4.78, 5) is -0.428. The summed E-state index contributed by atoms with van der Waals surface area (Å²) in [7, 11) is -3.93. The zero-order valence-electron chi connectivity index (χ0n) is 9.71. The van der Waals surface area contributed by atoms with E-state index in [0.717, 1.165) is 16.4 Å². The lowest BCUT2D eigenvalue weighted by atomic mass is 10.2. The lowest BCUT2D eigenvalue weighted by Gasteiger charge is -2.22. The van der Waals surface area contributed by atoms with Gasteiger partial charge in [-0.1, -0.05) is 0 Å². The van der Waals surface area contributed by atoms with Gasteiger partial charge in [0.25, 0.3) is 0 Å². The first kappa shape index (κ1) is 13.3. The summed E-state index contributed by atoms with van der Waals surface area (Å²) in [5.74, 6) is -0.826. The normalized spacial score (nSPS) is 21.3. The monoisotopic (exact) mass is 274 g/mol. The molecule has 1 fully saturated rings. The molecule has 0 amide bonds. The number of nitrogens with zero attached hydrogens (tertiary/aromatic N) is 1. The first-order valence-corrected chi connectivity index (χ1v) is 7.08. The van der Waals surface area contributed by atoms with Crippen molar-refractivity contribution in [2.24, 2.45) is 0 Å². The van der Waals surface area contributed by atoms with Crippen LogP contribution in [0.3, 0.4) is 0 Å². The fraction of sp³-hybridized carbons (Fsp3) is 0.455. The minimum Gasteiger partial charge on any atom is -0.399 e. The molecule has 1 aliphatic rings. The molecule has 1 heterocycles. The topological polar surface area (TPSA) is 83.6 Å². The summed E-state index contributed by atoms with van der Waals surface area (Å²) < 4.78 is 39.4. The van der Waals surface area contributed by atoms with Crippen LogP contribution in [-0.4, -0.2) is 37.0 Å². The summed E-state index contributed by atoms with van der Waals surface area (Å²) in [5, 5.41) is 9.15. The first-order valence-electron chi connectivity index (χ1n) is 5.64. The van der Waals surface area contributed by atoms with E-state index in [1.807, 2.05) is 0 Å². The molecule has 0 aromatic heterocycles. The van der Waals surface area contributed by atoms with E-state index in [4.69, 9.17) is 10.8 Å². The van der Waals surface area contributed by atoms with E-state index < -0.39 is 26.8 Å². The van der Waals surface area contributed by atoms with Gasteiger partial charge in [0.05, 0.1) is 6.61 Å². The molecule has 0 saturated carbocycles. The van der Waals surface area contributed by atoms with Crippen LogP contribution in [0.1, 0.15) is 12.8 Å². The fourth-order valence-corrected chi connectivity index (χ4v) is 3.94. The van der Waals surface area contributed by atoms with Crippen molar-refractivity contribution in [2.75, 3.05) is 18.9 Å². The Balaban J connectivity index is 2.45. The van der Waals surface area contributed by atoms with Gasteiger partial charge in [-0.15, -0.1) is 0 Å². The standard InChI is InChI=1S/C11H15FN2O3S/c12-10-4-3-8(13)6-11(10)18(16,17)14-5-1-2-9(14)7-15/h3-4,6,9,15H,1-2,5,7,13H2/t9-/m0/s1. The molecule has 100 valence electrons. The van der Waals surface area contributed by atoms with Gasteiger partial charge < -0.3 is 10.8 Å². The molecular formula is C11H15FN2O3S. The van der Waals surface area contributed by atoms with E-state index in [1.165, 1.54) is 6.07 Å². The number of anilines is 1. The predicted molar refractivity (Wildman–Crippen MR) is 64.8 cm³/mol. The smallest absolute Gasteiger partial charge is 0.246 e. The van der Waals surface area contributed by atoms with Gasteiger partial charge in [-0.25, -0.2) is 12.8 Å². The van der Waals surface area contributed by atoms with Gasteiger partial charge in [-0.2, -0.15) is 4.31 Å². The van der Waals surface area contributed by atoms with Crippen molar-refractivity contribution in [2.45, 2.75) is 23.8 Å². The minimum absolute atomic E-state index is 0.190. The Kier molecular flexibility index (Phi) is 3.56. The molecule has 1 saturated heterocycles. The van der Waals surface area contributed by atoms with Crippen LogP contribution in [0.15, 0.2) is 23.1 Å². The second-order valence-electron chi connectivity index (χ2n) is 4.28. The number of hydrogen-bond acceptors (Lipinski definition) is 4. The third-order valence-electron chi connectivity index (χ3n) is 3.08. The van der Waals surface area contributed by atoms with Crippen molar-refractivity contribution in [1.82, 2.24) is 4.31 Å². The Morgan fingerprint density at radius 3 is 2.89 bits per heavy atom. The largest absolute Gasteiger partial charge is 0.399 e. The van der Waals surface area contributed by atoms with Gasteiger partial charge in [0.1, 0.15) is 10.7 Å². The van der Waals surface area contributed by atoms with E-state index in [9.17, 15) is 12.8 Å². The van der Waals surface area contributed by atoms with E-state index in [0.29, 0.717) is 19.4 Å². The zero-order valence-corrected chi connectivity index (χ0v) is 10.5. The molecule has 1 aromatic rings. The van der Waals surface area contributed by atoms with Gasteiger partial charge in [-0.05, 0) is 31.0 Å². The van der Waals surface area contributed by atoms with Crippen LogP contribution < -0.4 is 5.73 Å². The number of rotatable bonds is 3. The van der Waals surface area contributed by atoms with Crippen molar-refractivity contribution < 1.29 is 17.9 Å². The van der Waals surface area contributed by atoms with Crippen molar-refractivity contribution >= 4 is 15.7 Å². The molecule has 1 aliphatic heterocycles. The highest BCUT2D eigenvalue weighted by atomic mass is 32.2. The second kappa shape index (κ2) is 4.83. The van der Waals surface area contributed by atoms with Crippen molar-refractivity contribution in [3.8, 4) is 0 Å². The lowest BCUT2D eigenvalue weighted by Crippen LogP contribution is -2.38. The summed E-state index contributed by atoms with van der Waals surface area (Å²) >= 11 is 0. The molecule has 2 rings (SSSR count). The molecule has 0 bridgehead atoms. The third kappa shape index (κ3) is 2.21. The van der Waals surface area contributed by atoms with Crippen molar-refractivity contribution in [3.63, 3.8) is 0 Å². The Morgan fingerprint density at radius 1 is 1.50 bits per heavy atom. The molecule has 0 unspecified atom stereocenters. The summed E-state index contributed by atoms with van der Waals surface area (Å²) in [6, 6.07) is 2.97. The van der Waals surface area contributed by atoms with E-state index in [-0.39, 0.29) is 12.3 Å². The Hall–Kier alpha value is -1.18. The Labute approximate surface area is 105 Å². The van der Waals surface area contributed by atoms with Gasteiger partial charge in [0, 0.05) is 18.3 Å². The van der Waals surface area contributed by atoms with E-state index in [2.05, 4.69) is 0 Å². The quantitative estimate of drug-likeness (QED) is 0.789. The lowest BCUT2D eigenvalue weighted by molar-refractivity contribution is 0.213. The first-order chi connectivity index (χ1) is 8.46. The number of nitrogen functional groups attached to an aromatic ring is 1. The Morgan fingerprint density at radius 2 is 2.22 bits per heavy atom. The molecule has 18 heavy (non-hydrogen) atoms. The molecule has 0 aliphatic carbocycles. The maximum absolute atomic E-state index is 13.6. The van der Waals surface area contributed by atoms with Gasteiger partial charge in [0.2, 0.25) is 10.0 Å².